The molecule has 1 heterocycles. The second-order valence-corrected chi connectivity index (χ2v) is 6.28. The van der Waals surface area contributed by atoms with Crippen molar-refractivity contribution in [1.82, 2.24) is 9.40 Å². The van der Waals surface area contributed by atoms with Gasteiger partial charge in [-0.25, -0.2) is 15.0 Å². The third-order valence-corrected chi connectivity index (χ3v) is 4.38. The molecule has 0 atom stereocenters. The van der Waals surface area contributed by atoms with Crippen LogP contribution in [-0.4, -0.2) is 18.3 Å². The van der Waals surface area contributed by atoms with E-state index in [0.29, 0.717) is 22.0 Å². The van der Waals surface area contributed by atoms with E-state index in [1.165, 1.54) is 0 Å². The Bertz CT molecular complexity index is 994. The fourth-order valence-corrected chi connectivity index (χ4v) is 3.51. The summed E-state index contributed by atoms with van der Waals surface area (Å²) in [6, 6.07) is 15.7. The predicted octanol–water partition coefficient (Wildman–Crippen LogP) is 0.963. The number of nitrogens with one attached hydrogen (secondary N) is 1. The number of carbonyl (C=O) groups is 1. The van der Waals surface area contributed by atoms with Crippen molar-refractivity contribution in [2.75, 3.05) is 0 Å². The van der Waals surface area contributed by atoms with Crippen LogP contribution in [0.2, 0.25) is 0 Å². The first-order valence-electron chi connectivity index (χ1n) is 6.68. The van der Waals surface area contributed by atoms with Gasteiger partial charge in [0, 0.05) is 10.9 Å². The van der Waals surface area contributed by atoms with Crippen molar-refractivity contribution in [1.29, 1.82) is 0 Å². The third-order valence-electron chi connectivity index (χ3n) is 3.50. The molecule has 7 nitrogen and oxygen atoms in total. The number of rotatable bonds is 3. The van der Waals surface area contributed by atoms with Gasteiger partial charge in [0.2, 0.25) is 0 Å². The van der Waals surface area contributed by atoms with Crippen LogP contribution in [0.4, 0.5) is 0 Å². The topological polar surface area (TPSA) is 120 Å². The molecule has 1 amide bonds. The number of hydrogen-bond donors (Lipinski definition) is 3. The van der Waals surface area contributed by atoms with Crippen molar-refractivity contribution in [3.8, 4) is 11.1 Å². The number of para-hydroxylation sites is 1. The van der Waals surface area contributed by atoms with Crippen molar-refractivity contribution >= 4 is 27.0 Å². The number of nitrogens with zero attached hydrogens (tertiary/aromatic N) is 1. The summed E-state index contributed by atoms with van der Waals surface area (Å²) >= 11 is 0. The van der Waals surface area contributed by atoms with Gasteiger partial charge in [-0.3, -0.25) is 10.2 Å². The summed E-state index contributed by atoms with van der Waals surface area (Å²) in [5.74, 6) is 4.49. The first-order chi connectivity index (χ1) is 10.9. The van der Waals surface area contributed by atoms with E-state index >= 15 is 0 Å². The van der Waals surface area contributed by atoms with Crippen LogP contribution in [0.25, 0.3) is 22.0 Å². The maximum absolute atomic E-state index is 12.3. The van der Waals surface area contributed by atoms with Gasteiger partial charge in [0.25, 0.3) is 5.91 Å². The molecule has 118 valence electrons. The summed E-state index contributed by atoms with van der Waals surface area (Å²) in [7, 11) is -4.20. The Kier molecular flexibility index (Phi) is 3.64. The molecule has 0 bridgehead atoms. The molecule has 0 aliphatic heterocycles. The lowest BCUT2D eigenvalue weighted by Crippen LogP contribution is -2.35. The lowest BCUT2D eigenvalue weighted by molar-refractivity contribution is 0.0948. The van der Waals surface area contributed by atoms with Gasteiger partial charge in [0.05, 0.1) is 5.52 Å². The van der Waals surface area contributed by atoms with Gasteiger partial charge in [-0.2, -0.15) is 8.42 Å². The molecule has 1 aromatic heterocycles. The Labute approximate surface area is 132 Å². The molecule has 3 rings (SSSR count). The standard InChI is InChI=1S/C15H14N4O3S/c16-18-15(20)14-13(10-6-2-1-3-7-10)11-8-4-5-9-12(11)19(14)23(17,21)22/h1-9H,16H2,(H,18,20)(H2,17,21,22). The van der Waals surface area contributed by atoms with Crippen LogP contribution < -0.4 is 16.4 Å². The summed E-state index contributed by atoms with van der Waals surface area (Å²) < 4.78 is 24.9. The average molecular weight is 330 g/mol. The smallest absolute Gasteiger partial charge is 0.289 e. The number of amides is 1. The van der Waals surface area contributed by atoms with Crippen LogP contribution in [0.3, 0.4) is 0 Å². The predicted molar refractivity (Wildman–Crippen MR) is 87.5 cm³/mol. The lowest BCUT2D eigenvalue weighted by atomic mass is 10.0. The third kappa shape index (κ3) is 2.48. The molecule has 0 spiro atoms. The Balaban J connectivity index is 2.55. The number of aromatic nitrogens is 1. The molecule has 5 N–H and O–H groups in total. The summed E-state index contributed by atoms with van der Waals surface area (Å²) in [5.41, 5.74) is 3.32. The number of hydrazine groups is 1. The fraction of sp³-hybridized carbons (Fsp3) is 0. The minimum atomic E-state index is -4.20. The minimum Gasteiger partial charge on any atom is -0.289 e. The van der Waals surface area contributed by atoms with Gasteiger partial charge in [-0.05, 0) is 11.6 Å². The van der Waals surface area contributed by atoms with Gasteiger partial charge < -0.3 is 0 Å². The number of fused-ring (bicyclic) bond motifs is 1. The lowest BCUT2D eigenvalue weighted by Gasteiger charge is -2.08. The summed E-state index contributed by atoms with van der Waals surface area (Å²) in [4.78, 5) is 12.3. The van der Waals surface area contributed by atoms with E-state index in [4.69, 9.17) is 11.0 Å². The van der Waals surface area contributed by atoms with Crippen LogP contribution in [-0.2, 0) is 10.2 Å². The molecular formula is C15H14N4O3S. The highest BCUT2D eigenvalue weighted by Crippen LogP contribution is 2.35. The van der Waals surface area contributed by atoms with E-state index in [-0.39, 0.29) is 5.69 Å². The van der Waals surface area contributed by atoms with E-state index in [2.05, 4.69) is 0 Å². The summed E-state index contributed by atoms with van der Waals surface area (Å²) in [6.07, 6.45) is 0. The number of nitrogens with two attached hydrogens (primary N) is 2. The fourth-order valence-electron chi connectivity index (χ4n) is 2.65. The first kappa shape index (κ1) is 15.2. The normalized spacial score (nSPS) is 11.6. The maximum Gasteiger partial charge on any atom is 0.303 e. The van der Waals surface area contributed by atoms with E-state index < -0.39 is 16.1 Å². The van der Waals surface area contributed by atoms with Crippen molar-refractivity contribution in [2.24, 2.45) is 11.0 Å². The molecule has 0 unspecified atom stereocenters. The maximum atomic E-state index is 12.3. The highest BCUT2D eigenvalue weighted by Gasteiger charge is 2.27. The molecule has 0 aliphatic carbocycles. The van der Waals surface area contributed by atoms with Crippen LogP contribution in [0.1, 0.15) is 10.5 Å². The molecular weight excluding hydrogens is 316 g/mol. The van der Waals surface area contributed by atoms with Crippen molar-refractivity contribution < 1.29 is 13.2 Å². The van der Waals surface area contributed by atoms with Crippen LogP contribution in [0.15, 0.2) is 54.6 Å². The summed E-state index contributed by atoms with van der Waals surface area (Å²) in [5, 5.41) is 5.91. The van der Waals surface area contributed by atoms with Gasteiger partial charge >= 0.3 is 10.2 Å². The highest BCUT2D eigenvalue weighted by atomic mass is 32.2. The number of hydrogen-bond acceptors (Lipinski definition) is 4. The van der Waals surface area contributed by atoms with Gasteiger partial charge in [-0.1, -0.05) is 48.5 Å². The van der Waals surface area contributed by atoms with Gasteiger partial charge in [0.15, 0.2) is 0 Å². The SMILES string of the molecule is NNC(=O)c1c(-c2ccccc2)c2ccccc2n1S(N)(=O)=O. The molecule has 0 saturated heterocycles. The zero-order chi connectivity index (χ0) is 16.6. The quantitative estimate of drug-likeness (QED) is 0.376. The number of benzene rings is 2. The van der Waals surface area contributed by atoms with Gasteiger partial charge in [0.1, 0.15) is 5.69 Å². The zero-order valence-corrected chi connectivity index (χ0v) is 12.7. The van der Waals surface area contributed by atoms with Crippen LogP contribution in [0.5, 0.6) is 0 Å². The number of carbonyl (C=O) groups excluding carboxylic acids is 1. The van der Waals surface area contributed by atoms with Crippen molar-refractivity contribution in [3.05, 3.63) is 60.3 Å². The Morgan fingerprint density at radius 3 is 2.22 bits per heavy atom. The van der Waals surface area contributed by atoms with Crippen LogP contribution in [0, 0.1) is 0 Å². The zero-order valence-electron chi connectivity index (χ0n) is 11.9. The van der Waals surface area contributed by atoms with Crippen molar-refractivity contribution in [3.63, 3.8) is 0 Å². The molecule has 0 aliphatic rings. The van der Waals surface area contributed by atoms with E-state index in [1.54, 1.807) is 48.5 Å². The Morgan fingerprint density at radius 2 is 1.61 bits per heavy atom. The molecule has 8 heteroatoms. The van der Waals surface area contributed by atoms with E-state index in [9.17, 15) is 13.2 Å². The average Bonchev–Trinajstić information content (AvgIpc) is 2.90. The second-order valence-electron chi connectivity index (χ2n) is 4.89. The van der Waals surface area contributed by atoms with Crippen molar-refractivity contribution in [2.45, 2.75) is 0 Å². The molecule has 2 aromatic carbocycles. The molecule has 23 heavy (non-hydrogen) atoms. The second kappa shape index (κ2) is 5.51. The molecule has 0 fully saturated rings. The molecule has 3 aromatic rings. The molecule has 0 saturated carbocycles. The van der Waals surface area contributed by atoms with E-state index in [0.717, 1.165) is 3.97 Å². The highest BCUT2D eigenvalue weighted by molar-refractivity contribution is 7.87. The number of nitrogen functional groups attached to an aromatic ring is 1. The monoisotopic (exact) mass is 330 g/mol. The molecule has 0 radical (unpaired) electrons. The largest absolute Gasteiger partial charge is 0.303 e. The van der Waals surface area contributed by atoms with E-state index in [1.807, 2.05) is 11.5 Å². The van der Waals surface area contributed by atoms with Gasteiger partial charge in [-0.15, -0.1) is 0 Å². The van der Waals surface area contributed by atoms with Crippen LogP contribution >= 0.6 is 0 Å². The summed E-state index contributed by atoms with van der Waals surface area (Å²) in [6.45, 7) is 0. The Hall–Kier alpha value is -2.68. The minimum absolute atomic E-state index is 0.123. The first-order valence-corrected chi connectivity index (χ1v) is 8.18. The Morgan fingerprint density at radius 1 is 1.00 bits per heavy atom.